The second-order valence-corrected chi connectivity index (χ2v) is 6.37. The highest BCUT2D eigenvalue weighted by Gasteiger charge is 2.20. The molecule has 1 unspecified atom stereocenters. The number of halogens is 2. The fraction of sp³-hybridized carbons (Fsp3) is 0.125. The van der Waals surface area contributed by atoms with E-state index in [0.29, 0.717) is 22.0 Å². The van der Waals surface area contributed by atoms with Crippen molar-refractivity contribution >= 4 is 40.8 Å². The van der Waals surface area contributed by atoms with Gasteiger partial charge in [-0.2, -0.15) is 4.80 Å². The molecule has 0 aliphatic carbocycles. The van der Waals surface area contributed by atoms with Crippen molar-refractivity contribution in [3.63, 3.8) is 0 Å². The fourth-order valence-corrected chi connectivity index (χ4v) is 2.55. The third kappa shape index (κ3) is 4.21. The average Bonchev–Trinajstić information content (AvgIpc) is 3.13. The number of benzene rings is 1. The molecule has 0 radical (unpaired) electrons. The van der Waals surface area contributed by atoms with E-state index in [4.69, 9.17) is 28.9 Å². The van der Waals surface area contributed by atoms with Gasteiger partial charge in [0.05, 0.1) is 10.0 Å². The van der Waals surface area contributed by atoms with Gasteiger partial charge < -0.3 is 11.1 Å². The largest absolute Gasteiger partial charge is 0.366 e. The Morgan fingerprint density at radius 2 is 1.93 bits per heavy atom. The van der Waals surface area contributed by atoms with E-state index in [1.807, 2.05) is 0 Å². The van der Waals surface area contributed by atoms with Crippen molar-refractivity contribution in [1.82, 2.24) is 25.2 Å². The van der Waals surface area contributed by atoms with E-state index in [9.17, 15) is 9.59 Å². The fourth-order valence-electron chi connectivity index (χ4n) is 2.12. The van der Waals surface area contributed by atoms with Gasteiger partial charge in [-0.15, -0.1) is 10.2 Å². The van der Waals surface area contributed by atoms with Crippen LogP contribution in [-0.4, -0.2) is 37.0 Å². The molecule has 0 aliphatic rings. The lowest BCUT2D eigenvalue weighted by molar-refractivity contribution is -0.119. The van der Waals surface area contributed by atoms with Crippen molar-refractivity contribution in [3.05, 3.63) is 52.1 Å². The molecule has 138 valence electrons. The van der Waals surface area contributed by atoms with Crippen LogP contribution in [0.25, 0.3) is 11.4 Å². The van der Waals surface area contributed by atoms with Crippen LogP contribution >= 0.6 is 23.2 Å². The summed E-state index contributed by atoms with van der Waals surface area (Å²) < 4.78 is 0. The summed E-state index contributed by atoms with van der Waals surface area (Å²) in [5, 5.41) is 15.2. The number of primary amides is 1. The minimum Gasteiger partial charge on any atom is -0.366 e. The minimum atomic E-state index is -0.773. The van der Waals surface area contributed by atoms with Gasteiger partial charge in [-0.05, 0) is 30.3 Å². The molecule has 0 saturated heterocycles. The Morgan fingerprint density at radius 3 is 2.56 bits per heavy atom. The van der Waals surface area contributed by atoms with Crippen LogP contribution in [0, 0.1) is 0 Å². The van der Waals surface area contributed by atoms with Crippen LogP contribution in [0.5, 0.6) is 0 Å². The van der Waals surface area contributed by atoms with Gasteiger partial charge in [0, 0.05) is 17.3 Å². The number of carbonyl (C=O) groups is 2. The van der Waals surface area contributed by atoms with E-state index < -0.39 is 17.9 Å². The number of carbonyl (C=O) groups excluding carboxylic acids is 2. The number of nitrogens with one attached hydrogen (secondary N) is 1. The molecule has 2 heterocycles. The zero-order chi connectivity index (χ0) is 19.6. The standard InChI is InChI=1S/C16H13Cl2N7O2/c1-8(16(27)21-15-12(18)6-11(17)7-20-15)25-23-14(22-24-25)10-4-2-9(3-5-10)13(19)26/h2-8H,1H3,(H2,19,26)(H,20,21,27). The Hall–Kier alpha value is -3.04. The van der Waals surface area contributed by atoms with Crippen molar-refractivity contribution < 1.29 is 9.59 Å². The molecule has 3 aromatic rings. The van der Waals surface area contributed by atoms with Crippen LogP contribution < -0.4 is 11.1 Å². The first-order chi connectivity index (χ1) is 12.8. The van der Waals surface area contributed by atoms with Gasteiger partial charge in [0.25, 0.3) is 5.91 Å². The van der Waals surface area contributed by atoms with Gasteiger partial charge in [0.15, 0.2) is 5.82 Å². The van der Waals surface area contributed by atoms with Crippen LogP contribution in [0.4, 0.5) is 5.82 Å². The Bertz CT molecular complexity index is 1000. The molecule has 27 heavy (non-hydrogen) atoms. The molecule has 11 heteroatoms. The number of anilines is 1. The van der Waals surface area contributed by atoms with E-state index in [2.05, 4.69) is 25.7 Å². The SMILES string of the molecule is CC(C(=O)Nc1ncc(Cl)cc1Cl)n1nnc(-c2ccc(C(N)=O)cc2)n1. The summed E-state index contributed by atoms with van der Waals surface area (Å²) in [5.74, 6) is -0.480. The number of pyridine rings is 1. The van der Waals surface area contributed by atoms with E-state index in [1.54, 1.807) is 31.2 Å². The van der Waals surface area contributed by atoms with Gasteiger partial charge in [0.1, 0.15) is 6.04 Å². The van der Waals surface area contributed by atoms with Gasteiger partial charge in [-0.1, -0.05) is 35.3 Å². The maximum atomic E-state index is 12.4. The quantitative estimate of drug-likeness (QED) is 0.669. The van der Waals surface area contributed by atoms with E-state index in [0.717, 1.165) is 4.80 Å². The molecule has 1 aromatic carbocycles. The molecule has 3 rings (SSSR count). The molecule has 0 spiro atoms. The van der Waals surface area contributed by atoms with Gasteiger partial charge in [-0.25, -0.2) is 4.98 Å². The summed E-state index contributed by atoms with van der Waals surface area (Å²) in [7, 11) is 0. The van der Waals surface area contributed by atoms with Crippen molar-refractivity contribution in [2.45, 2.75) is 13.0 Å². The zero-order valence-corrected chi connectivity index (χ0v) is 15.4. The Labute approximate surface area is 163 Å². The number of nitrogens with two attached hydrogens (primary N) is 1. The predicted octanol–water partition coefficient (Wildman–Crippen LogP) is 2.34. The first-order valence-corrected chi connectivity index (χ1v) is 8.42. The number of amides is 2. The van der Waals surface area contributed by atoms with Crippen molar-refractivity contribution in [1.29, 1.82) is 0 Å². The molecule has 0 bridgehead atoms. The maximum Gasteiger partial charge on any atom is 0.252 e. The molecular formula is C16H13Cl2N7O2. The van der Waals surface area contributed by atoms with Gasteiger partial charge in [0.2, 0.25) is 11.7 Å². The maximum absolute atomic E-state index is 12.4. The number of tetrazole rings is 1. The third-order valence-corrected chi connectivity index (χ3v) is 4.13. The Kier molecular flexibility index (Phi) is 5.33. The highest BCUT2D eigenvalue weighted by molar-refractivity contribution is 6.36. The molecular weight excluding hydrogens is 393 g/mol. The van der Waals surface area contributed by atoms with Crippen LogP contribution in [0.1, 0.15) is 23.3 Å². The molecule has 2 aromatic heterocycles. The summed E-state index contributed by atoms with van der Waals surface area (Å²) in [4.78, 5) is 28.6. The lowest BCUT2D eigenvalue weighted by atomic mass is 10.1. The smallest absolute Gasteiger partial charge is 0.252 e. The summed E-state index contributed by atoms with van der Waals surface area (Å²) in [5.41, 5.74) is 6.20. The van der Waals surface area contributed by atoms with E-state index in [1.165, 1.54) is 12.3 Å². The number of rotatable bonds is 5. The molecule has 9 nitrogen and oxygen atoms in total. The van der Waals surface area contributed by atoms with Crippen LogP contribution in [0.2, 0.25) is 10.0 Å². The first-order valence-electron chi connectivity index (χ1n) is 7.67. The normalized spacial score (nSPS) is 11.8. The minimum absolute atomic E-state index is 0.181. The molecule has 0 saturated carbocycles. The summed E-state index contributed by atoms with van der Waals surface area (Å²) in [6, 6.07) is 7.10. The van der Waals surface area contributed by atoms with E-state index in [-0.39, 0.29) is 10.8 Å². The second-order valence-electron chi connectivity index (χ2n) is 5.52. The number of aromatic nitrogens is 5. The number of hydrogen-bond donors (Lipinski definition) is 2. The lowest BCUT2D eigenvalue weighted by Crippen LogP contribution is -2.26. The molecule has 1 atom stereocenters. The topological polar surface area (TPSA) is 129 Å². The summed E-state index contributed by atoms with van der Waals surface area (Å²) in [6.45, 7) is 1.60. The van der Waals surface area contributed by atoms with Crippen molar-refractivity contribution in [3.8, 4) is 11.4 Å². The summed E-state index contributed by atoms with van der Waals surface area (Å²) in [6.07, 6.45) is 1.37. The van der Waals surface area contributed by atoms with Crippen LogP contribution in [0.3, 0.4) is 0 Å². The van der Waals surface area contributed by atoms with Crippen molar-refractivity contribution in [2.24, 2.45) is 5.73 Å². The molecule has 2 amide bonds. The zero-order valence-electron chi connectivity index (χ0n) is 13.9. The van der Waals surface area contributed by atoms with E-state index >= 15 is 0 Å². The Balaban J connectivity index is 1.74. The average molecular weight is 406 g/mol. The highest BCUT2D eigenvalue weighted by atomic mass is 35.5. The van der Waals surface area contributed by atoms with Gasteiger partial charge >= 0.3 is 0 Å². The lowest BCUT2D eigenvalue weighted by Gasteiger charge is -2.11. The number of nitrogens with zero attached hydrogens (tertiary/aromatic N) is 5. The van der Waals surface area contributed by atoms with Crippen LogP contribution in [0.15, 0.2) is 36.5 Å². The Morgan fingerprint density at radius 1 is 1.22 bits per heavy atom. The van der Waals surface area contributed by atoms with Crippen molar-refractivity contribution in [2.75, 3.05) is 5.32 Å². The second kappa shape index (κ2) is 7.68. The van der Waals surface area contributed by atoms with Crippen LogP contribution in [-0.2, 0) is 4.79 Å². The molecule has 0 fully saturated rings. The number of hydrogen-bond acceptors (Lipinski definition) is 6. The molecule has 3 N–H and O–H groups in total. The highest BCUT2D eigenvalue weighted by Crippen LogP contribution is 2.23. The van der Waals surface area contributed by atoms with Gasteiger partial charge in [-0.3, -0.25) is 9.59 Å². The molecule has 0 aliphatic heterocycles. The third-order valence-electron chi connectivity index (χ3n) is 3.63. The monoisotopic (exact) mass is 405 g/mol. The predicted molar refractivity (Wildman–Crippen MR) is 99.4 cm³/mol. The summed E-state index contributed by atoms with van der Waals surface area (Å²) >= 11 is 11.8. The first kappa shape index (κ1) is 18.7.